The van der Waals surface area contributed by atoms with Crippen molar-refractivity contribution in [2.45, 2.75) is 0 Å². The second kappa shape index (κ2) is 7.56. The zero-order valence-corrected chi connectivity index (χ0v) is 14.2. The van der Waals surface area contributed by atoms with Gasteiger partial charge in [0.25, 0.3) is 0 Å². The second-order valence-corrected chi connectivity index (χ2v) is 5.93. The Hall–Kier alpha value is -2.23. The molecule has 0 atom stereocenters. The monoisotopic (exact) mass is 360 g/mol. The van der Waals surface area contributed by atoms with Crippen LogP contribution >= 0.6 is 23.2 Å². The minimum atomic E-state index is 0.280. The SMILES string of the molecule is O=Cc1c(OCCOc2cc(Cl)ccc2Cl)ccc2ccccc12. The Labute approximate surface area is 149 Å². The van der Waals surface area contributed by atoms with Gasteiger partial charge in [-0.1, -0.05) is 53.5 Å². The second-order valence-electron chi connectivity index (χ2n) is 5.09. The van der Waals surface area contributed by atoms with Gasteiger partial charge in [-0.05, 0) is 29.0 Å². The predicted octanol–water partition coefficient (Wildman–Crippen LogP) is 5.42. The first kappa shape index (κ1) is 16.6. The van der Waals surface area contributed by atoms with Crippen LogP contribution in [-0.4, -0.2) is 19.5 Å². The third-order valence-electron chi connectivity index (χ3n) is 3.54. The van der Waals surface area contributed by atoms with Gasteiger partial charge < -0.3 is 9.47 Å². The number of halogens is 2. The summed E-state index contributed by atoms with van der Waals surface area (Å²) < 4.78 is 11.3. The smallest absolute Gasteiger partial charge is 0.154 e. The van der Waals surface area contributed by atoms with E-state index in [0.29, 0.717) is 27.1 Å². The van der Waals surface area contributed by atoms with Crippen molar-refractivity contribution in [3.8, 4) is 11.5 Å². The normalized spacial score (nSPS) is 10.6. The van der Waals surface area contributed by atoms with Crippen LogP contribution in [0.5, 0.6) is 11.5 Å². The summed E-state index contributed by atoms with van der Waals surface area (Å²) in [6, 6.07) is 16.4. The summed E-state index contributed by atoms with van der Waals surface area (Å²) >= 11 is 11.9. The Morgan fingerprint density at radius 1 is 0.875 bits per heavy atom. The Morgan fingerprint density at radius 3 is 2.42 bits per heavy atom. The molecular weight excluding hydrogens is 347 g/mol. The van der Waals surface area contributed by atoms with Gasteiger partial charge in [-0.15, -0.1) is 0 Å². The van der Waals surface area contributed by atoms with Gasteiger partial charge in [0, 0.05) is 11.1 Å². The average molecular weight is 361 g/mol. The molecule has 0 aromatic heterocycles. The molecule has 0 spiro atoms. The molecule has 0 aliphatic carbocycles. The molecule has 0 aliphatic rings. The number of hydrogen-bond acceptors (Lipinski definition) is 3. The first-order chi connectivity index (χ1) is 11.7. The van der Waals surface area contributed by atoms with Crippen LogP contribution in [0.3, 0.4) is 0 Å². The van der Waals surface area contributed by atoms with E-state index in [1.807, 2.05) is 30.3 Å². The molecular formula is C19H14Cl2O3. The maximum absolute atomic E-state index is 11.4. The van der Waals surface area contributed by atoms with Gasteiger partial charge in [-0.2, -0.15) is 0 Å². The maximum atomic E-state index is 11.4. The van der Waals surface area contributed by atoms with Gasteiger partial charge in [-0.3, -0.25) is 4.79 Å². The van der Waals surface area contributed by atoms with E-state index in [9.17, 15) is 4.79 Å². The molecule has 0 aliphatic heterocycles. The molecule has 3 rings (SSSR count). The molecule has 5 heteroatoms. The van der Waals surface area contributed by atoms with Crippen LogP contribution in [0.4, 0.5) is 0 Å². The average Bonchev–Trinajstić information content (AvgIpc) is 2.61. The number of ether oxygens (including phenoxy) is 2. The maximum Gasteiger partial charge on any atom is 0.154 e. The molecule has 0 heterocycles. The van der Waals surface area contributed by atoms with Gasteiger partial charge in [-0.25, -0.2) is 0 Å². The van der Waals surface area contributed by atoms with E-state index < -0.39 is 0 Å². The van der Waals surface area contributed by atoms with Gasteiger partial charge >= 0.3 is 0 Å². The lowest BCUT2D eigenvalue weighted by Gasteiger charge is -2.12. The fourth-order valence-electron chi connectivity index (χ4n) is 2.41. The van der Waals surface area contributed by atoms with Crippen LogP contribution in [0.25, 0.3) is 10.8 Å². The fourth-order valence-corrected chi connectivity index (χ4v) is 2.75. The quantitative estimate of drug-likeness (QED) is 0.435. The van der Waals surface area contributed by atoms with E-state index in [-0.39, 0.29) is 13.2 Å². The molecule has 0 radical (unpaired) electrons. The topological polar surface area (TPSA) is 35.5 Å². The number of carbonyl (C=O) groups is 1. The summed E-state index contributed by atoms with van der Waals surface area (Å²) in [5.41, 5.74) is 0.536. The zero-order chi connectivity index (χ0) is 16.9. The van der Waals surface area contributed by atoms with Crippen LogP contribution < -0.4 is 9.47 Å². The van der Waals surface area contributed by atoms with Crippen LogP contribution in [0, 0.1) is 0 Å². The lowest BCUT2D eigenvalue weighted by molar-refractivity contribution is 0.112. The molecule has 0 unspecified atom stereocenters. The van der Waals surface area contributed by atoms with Crippen molar-refractivity contribution in [1.29, 1.82) is 0 Å². The highest BCUT2D eigenvalue weighted by Crippen LogP contribution is 2.28. The van der Waals surface area contributed by atoms with E-state index in [4.69, 9.17) is 32.7 Å². The molecule has 3 nitrogen and oxygen atoms in total. The minimum absolute atomic E-state index is 0.280. The Balaban J connectivity index is 1.68. The van der Waals surface area contributed by atoms with Crippen molar-refractivity contribution in [3.05, 3.63) is 70.2 Å². The highest BCUT2D eigenvalue weighted by atomic mass is 35.5. The predicted molar refractivity (Wildman–Crippen MR) is 96.8 cm³/mol. The van der Waals surface area contributed by atoms with Crippen molar-refractivity contribution in [2.75, 3.05) is 13.2 Å². The number of fused-ring (bicyclic) bond motifs is 1. The number of rotatable bonds is 6. The van der Waals surface area contributed by atoms with Crippen molar-refractivity contribution < 1.29 is 14.3 Å². The largest absolute Gasteiger partial charge is 0.489 e. The summed E-state index contributed by atoms with van der Waals surface area (Å²) in [6.45, 7) is 0.563. The Kier molecular flexibility index (Phi) is 5.24. The molecule has 0 bridgehead atoms. The number of benzene rings is 3. The summed E-state index contributed by atoms with van der Waals surface area (Å²) in [4.78, 5) is 11.4. The zero-order valence-electron chi connectivity index (χ0n) is 12.7. The fraction of sp³-hybridized carbons (Fsp3) is 0.105. The van der Waals surface area contributed by atoms with E-state index in [2.05, 4.69) is 0 Å². The minimum Gasteiger partial charge on any atom is -0.489 e. The standard InChI is InChI=1S/C19H14Cl2O3/c20-14-6-7-17(21)19(11-14)24-10-9-23-18-8-5-13-3-1-2-4-15(13)16(18)12-22/h1-8,11-12H,9-10H2. The van der Waals surface area contributed by atoms with E-state index in [0.717, 1.165) is 17.1 Å². The molecule has 122 valence electrons. The van der Waals surface area contributed by atoms with Crippen molar-refractivity contribution in [3.63, 3.8) is 0 Å². The Bertz CT molecular complexity index is 878. The summed E-state index contributed by atoms with van der Waals surface area (Å²) in [5.74, 6) is 1.03. The number of carbonyl (C=O) groups excluding carboxylic acids is 1. The highest BCUT2D eigenvalue weighted by molar-refractivity contribution is 6.34. The van der Waals surface area contributed by atoms with Crippen molar-refractivity contribution in [2.24, 2.45) is 0 Å². The molecule has 0 N–H and O–H groups in total. The first-order valence-corrected chi connectivity index (χ1v) is 8.12. The molecule has 24 heavy (non-hydrogen) atoms. The van der Waals surface area contributed by atoms with Gasteiger partial charge in [0.2, 0.25) is 0 Å². The first-order valence-electron chi connectivity index (χ1n) is 7.36. The van der Waals surface area contributed by atoms with Crippen molar-refractivity contribution >= 4 is 40.3 Å². The summed E-state index contributed by atoms with van der Waals surface area (Å²) in [6.07, 6.45) is 0.812. The van der Waals surface area contributed by atoms with Crippen LogP contribution in [-0.2, 0) is 0 Å². The summed E-state index contributed by atoms with van der Waals surface area (Å²) in [7, 11) is 0. The lowest BCUT2D eigenvalue weighted by Crippen LogP contribution is -2.10. The van der Waals surface area contributed by atoms with Crippen molar-refractivity contribution in [1.82, 2.24) is 0 Å². The van der Waals surface area contributed by atoms with E-state index >= 15 is 0 Å². The summed E-state index contributed by atoms with van der Waals surface area (Å²) in [5, 5.41) is 2.89. The van der Waals surface area contributed by atoms with Crippen LogP contribution in [0.15, 0.2) is 54.6 Å². The number of hydrogen-bond donors (Lipinski definition) is 0. The third-order valence-corrected chi connectivity index (χ3v) is 4.09. The molecule has 3 aromatic carbocycles. The lowest BCUT2D eigenvalue weighted by atomic mass is 10.0. The molecule has 0 fully saturated rings. The van der Waals surface area contributed by atoms with Gasteiger partial charge in [0.1, 0.15) is 24.7 Å². The van der Waals surface area contributed by atoms with Gasteiger partial charge in [0.15, 0.2) is 6.29 Å². The van der Waals surface area contributed by atoms with E-state index in [1.165, 1.54) is 0 Å². The Morgan fingerprint density at radius 2 is 1.62 bits per heavy atom. The third kappa shape index (κ3) is 3.64. The molecule has 0 saturated carbocycles. The highest BCUT2D eigenvalue weighted by Gasteiger charge is 2.08. The van der Waals surface area contributed by atoms with Crippen LogP contribution in [0.2, 0.25) is 10.0 Å². The van der Waals surface area contributed by atoms with E-state index in [1.54, 1.807) is 24.3 Å². The molecule has 3 aromatic rings. The van der Waals surface area contributed by atoms with Gasteiger partial charge in [0.05, 0.1) is 10.6 Å². The molecule has 0 saturated heterocycles. The van der Waals surface area contributed by atoms with Crippen LogP contribution in [0.1, 0.15) is 10.4 Å². The number of aldehydes is 1. The molecule has 0 amide bonds.